The number of carbonyl (C=O) groups excluding carboxylic acids is 1. The van der Waals surface area contributed by atoms with Crippen molar-refractivity contribution in [2.75, 3.05) is 11.9 Å². The minimum absolute atomic E-state index is 0.0372. The first-order valence-corrected chi connectivity index (χ1v) is 6.57. The number of amides is 1. The van der Waals surface area contributed by atoms with Crippen LogP contribution in [0.4, 0.5) is 20.2 Å². The number of nitro groups is 1. The maximum atomic E-state index is 13.0. The third kappa shape index (κ3) is 4.32. The summed E-state index contributed by atoms with van der Waals surface area (Å²) in [4.78, 5) is 25.3. The van der Waals surface area contributed by atoms with Gasteiger partial charge in [-0.2, -0.15) is 0 Å². The lowest BCUT2D eigenvalue weighted by Crippen LogP contribution is -2.15. The van der Waals surface area contributed by atoms with E-state index in [2.05, 4.69) is 10.3 Å². The largest absolute Gasteiger partial charge is 0.872 e. The number of rotatable bonds is 5. The molecule has 0 atom stereocenters. The predicted octanol–water partition coefficient (Wildman–Crippen LogP) is 2.00. The number of nitro benzene ring substituents is 1. The molecule has 0 heterocycles. The highest BCUT2D eigenvalue weighted by Crippen LogP contribution is 2.19. The van der Waals surface area contributed by atoms with Crippen molar-refractivity contribution < 1.29 is 23.6 Å². The second-order valence-electron chi connectivity index (χ2n) is 4.63. The summed E-state index contributed by atoms with van der Waals surface area (Å²) in [6, 6.07) is 5.99. The quantitative estimate of drug-likeness (QED) is 0.512. The molecule has 1 N–H and O–H groups in total. The molecule has 2 rings (SSSR count). The maximum absolute atomic E-state index is 13.0. The monoisotopic (exact) mass is 334 g/mol. The van der Waals surface area contributed by atoms with Gasteiger partial charge < -0.3 is 10.4 Å². The third-order valence-corrected chi connectivity index (χ3v) is 2.87. The molecule has 7 nitrogen and oxygen atoms in total. The van der Waals surface area contributed by atoms with Crippen molar-refractivity contribution >= 4 is 23.5 Å². The summed E-state index contributed by atoms with van der Waals surface area (Å²) >= 11 is 0. The van der Waals surface area contributed by atoms with Crippen LogP contribution in [0.15, 0.2) is 41.4 Å². The van der Waals surface area contributed by atoms with E-state index in [4.69, 9.17) is 0 Å². The number of benzene rings is 2. The van der Waals surface area contributed by atoms with Crippen molar-refractivity contribution in [3.63, 3.8) is 0 Å². The first-order valence-electron chi connectivity index (χ1n) is 6.57. The second-order valence-corrected chi connectivity index (χ2v) is 4.63. The van der Waals surface area contributed by atoms with Crippen molar-refractivity contribution in [3.8, 4) is 5.75 Å². The number of anilines is 1. The lowest BCUT2D eigenvalue weighted by atomic mass is 10.2. The number of aliphatic imine (C=N–C) groups is 1. The van der Waals surface area contributed by atoms with Gasteiger partial charge in [-0.15, -0.1) is 0 Å². The Bertz CT molecular complexity index is 824. The summed E-state index contributed by atoms with van der Waals surface area (Å²) < 4.78 is 25.8. The molecule has 2 aromatic rings. The van der Waals surface area contributed by atoms with Crippen LogP contribution in [0, 0.1) is 21.7 Å². The molecule has 1 amide bonds. The fourth-order valence-corrected chi connectivity index (χ4v) is 1.75. The summed E-state index contributed by atoms with van der Waals surface area (Å²) in [5.74, 6) is -3.26. The molecule has 0 aliphatic rings. The average Bonchev–Trinajstić information content (AvgIpc) is 2.52. The molecule has 124 valence electrons. The van der Waals surface area contributed by atoms with E-state index in [1.807, 2.05) is 0 Å². The molecule has 9 heteroatoms. The summed E-state index contributed by atoms with van der Waals surface area (Å²) in [5, 5.41) is 24.5. The van der Waals surface area contributed by atoms with Crippen LogP contribution < -0.4 is 10.4 Å². The fourth-order valence-electron chi connectivity index (χ4n) is 1.75. The van der Waals surface area contributed by atoms with E-state index >= 15 is 0 Å². The first-order chi connectivity index (χ1) is 11.4. The number of nitrogens with zero attached hydrogens (tertiary/aromatic N) is 2. The molecule has 0 saturated heterocycles. The molecule has 0 aliphatic carbocycles. The molecule has 0 saturated carbocycles. The Morgan fingerprint density at radius 3 is 2.62 bits per heavy atom. The number of non-ortho nitro benzene ring substituents is 1. The maximum Gasteiger partial charge on any atom is 0.270 e. The second kappa shape index (κ2) is 7.27. The van der Waals surface area contributed by atoms with Gasteiger partial charge in [0.05, 0.1) is 4.92 Å². The summed E-state index contributed by atoms with van der Waals surface area (Å²) in [7, 11) is 0. The van der Waals surface area contributed by atoms with Gasteiger partial charge in [0.2, 0.25) is 5.91 Å². The minimum atomic E-state index is -1.11. The predicted molar refractivity (Wildman–Crippen MR) is 80.0 cm³/mol. The summed E-state index contributed by atoms with van der Waals surface area (Å²) in [6.45, 7) is -0.402. The highest BCUT2D eigenvalue weighted by molar-refractivity contribution is 5.94. The van der Waals surface area contributed by atoms with Crippen LogP contribution in [-0.2, 0) is 4.79 Å². The van der Waals surface area contributed by atoms with Gasteiger partial charge in [-0.05, 0) is 17.7 Å². The lowest BCUT2D eigenvalue weighted by molar-refractivity contribution is -0.385. The molecule has 0 aromatic heterocycles. The van der Waals surface area contributed by atoms with E-state index in [1.165, 1.54) is 6.07 Å². The SMILES string of the molecule is O=C(CN=Cc1cc([N+](=O)[O-])ccc1[O-])Nc1ccc(F)c(F)c1. The fraction of sp³-hybridized carbons (Fsp3) is 0.0667. The Kier molecular flexibility index (Phi) is 5.15. The number of hydrogen-bond acceptors (Lipinski definition) is 5. The average molecular weight is 334 g/mol. The minimum Gasteiger partial charge on any atom is -0.872 e. The Morgan fingerprint density at radius 2 is 1.96 bits per heavy atom. The van der Waals surface area contributed by atoms with Crippen molar-refractivity contribution in [1.29, 1.82) is 0 Å². The third-order valence-electron chi connectivity index (χ3n) is 2.87. The van der Waals surface area contributed by atoms with Gasteiger partial charge in [0.15, 0.2) is 11.6 Å². The van der Waals surface area contributed by atoms with Crippen molar-refractivity contribution in [3.05, 3.63) is 63.7 Å². The molecule has 0 radical (unpaired) electrons. The molecular formula is C15H10F2N3O4-. The van der Waals surface area contributed by atoms with E-state index in [-0.39, 0.29) is 16.9 Å². The molecule has 0 bridgehead atoms. The lowest BCUT2D eigenvalue weighted by Gasteiger charge is -2.08. The number of nitrogens with one attached hydrogen (secondary N) is 1. The van der Waals surface area contributed by atoms with Crippen molar-refractivity contribution in [1.82, 2.24) is 0 Å². The van der Waals surface area contributed by atoms with E-state index in [0.29, 0.717) is 0 Å². The van der Waals surface area contributed by atoms with Gasteiger partial charge in [0.25, 0.3) is 5.69 Å². The highest BCUT2D eigenvalue weighted by atomic mass is 19.2. The van der Waals surface area contributed by atoms with Crippen molar-refractivity contribution in [2.45, 2.75) is 0 Å². The van der Waals surface area contributed by atoms with Gasteiger partial charge in [0, 0.05) is 30.1 Å². The highest BCUT2D eigenvalue weighted by Gasteiger charge is 2.07. The molecule has 24 heavy (non-hydrogen) atoms. The first kappa shape index (κ1) is 17.0. The number of carbonyl (C=O) groups is 1. The molecule has 0 unspecified atom stereocenters. The summed E-state index contributed by atoms with van der Waals surface area (Å²) in [5.41, 5.74) is -0.263. The van der Waals surface area contributed by atoms with E-state index in [0.717, 1.165) is 36.5 Å². The summed E-state index contributed by atoms with van der Waals surface area (Å²) in [6.07, 6.45) is 1.04. The van der Waals surface area contributed by atoms with Gasteiger partial charge >= 0.3 is 0 Å². The van der Waals surface area contributed by atoms with Crippen LogP contribution in [0.1, 0.15) is 5.56 Å². The van der Waals surface area contributed by atoms with Gasteiger partial charge in [-0.1, -0.05) is 11.8 Å². The van der Waals surface area contributed by atoms with E-state index in [9.17, 15) is 28.8 Å². The van der Waals surface area contributed by atoms with E-state index < -0.39 is 34.8 Å². The van der Waals surface area contributed by atoms with Gasteiger partial charge in [-0.25, -0.2) is 8.78 Å². The Morgan fingerprint density at radius 1 is 1.21 bits per heavy atom. The van der Waals surface area contributed by atoms with Gasteiger partial charge in [-0.3, -0.25) is 19.9 Å². The number of halogens is 2. The van der Waals surface area contributed by atoms with Crippen LogP contribution >= 0.6 is 0 Å². The molecule has 0 spiro atoms. The topological polar surface area (TPSA) is 108 Å². The van der Waals surface area contributed by atoms with Crippen LogP contribution in [0.2, 0.25) is 0 Å². The molecule has 0 fully saturated rings. The van der Waals surface area contributed by atoms with Crippen LogP contribution in [-0.4, -0.2) is 23.6 Å². The zero-order valence-corrected chi connectivity index (χ0v) is 12.0. The van der Waals surface area contributed by atoms with Crippen LogP contribution in [0.3, 0.4) is 0 Å². The Labute approximate surface area is 134 Å². The molecular weight excluding hydrogens is 324 g/mol. The van der Waals surface area contributed by atoms with Crippen LogP contribution in [0.25, 0.3) is 0 Å². The van der Waals surface area contributed by atoms with Gasteiger partial charge in [0.1, 0.15) is 6.54 Å². The normalized spacial score (nSPS) is 10.8. The number of hydrogen-bond donors (Lipinski definition) is 1. The zero-order chi connectivity index (χ0) is 17.7. The van der Waals surface area contributed by atoms with E-state index in [1.54, 1.807) is 0 Å². The smallest absolute Gasteiger partial charge is 0.270 e. The zero-order valence-electron chi connectivity index (χ0n) is 12.0. The molecule has 0 aliphatic heterocycles. The Balaban J connectivity index is 2.00. The standard InChI is InChI=1S/C15H11F2N3O4/c16-12-3-1-10(6-13(12)17)19-15(22)8-18-7-9-5-11(20(23)24)2-4-14(9)21/h1-7,21H,8H2,(H,19,22)/p-1. The Hall–Kier alpha value is -3.36. The van der Waals surface area contributed by atoms with Crippen molar-refractivity contribution in [2.24, 2.45) is 4.99 Å². The van der Waals surface area contributed by atoms with Crippen LogP contribution in [0.5, 0.6) is 5.75 Å². The molecule has 2 aromatic carbocycles.